The Labute approximate surface area is 323 Å². The molecule has 1 aliphatic carbocycles. The minimum atomic E-state index is -0.0715. The van der Waals surface area contributed by atoms with Crippen molar-refractivity contribution in [1.82, 2.24) is 0 Å². The standard InChI is InChI=1S/C53H41NO/c1-3-53(4-2)49-33-41(26-31-45(49)47-35-52-48(34-50(47)53)46-20-11-12-21-51(46)55-52)40-18-13-19-44(32-40)54(42-27-22-38(23-28-42)36-14-7-5-8-15-36)43-29-24-39(25-30-43)37-16-9-6-10-17-37/h5-35H,3-4H2,1-2H3. The number of para-hydroxylation sites is 1. The van der Waals surface area contributed by atoms with Crippen LogP contribution in [0, 0.1) is 0 Å². The summed E-state index contributed by atoms with van der Waals surface area (Å²) in [5.41, 5.74) is 17.9. The van der Waals surface area contributed by atoms with Crippen molar-refractivity contribution in [1.29, 1.82) is 0 Å². The second-order valence-corrected chi connectivity index (χ2v) is 14.8. The van der Waals surface area contributed by atoms with Crippen LogP contribution >= 0.6 is 0 Å². The van der Waals surface area contributed by atoms with Crippen molar-refractivity contribution in [3.8, 4) is 44.5 Å². The zero-order valence-corrected chi connectivity index (χ0v) is 31.2. The van der Waals surface area contributed by atoms with Crippen LogP contribution in [0.1, 0.15) is 37.8 Å². The summed E-state index contributed by atoms with van der Waals surface area (Å²) in [6.45, 7) is 4.69. The molecular formula is C53H41NO. The third-order valence-electron chi connectivity index (χ3n) is 12.0. The van der Waals surface area contributed by atoms with Crippen LogP contribution in [0.4, 0.5) is 17.1 Å². The van der Waals surface area contributed by atoms with E-state index < -0.39 is 0 Å². The minimum Gasteiger partial charge on any atom is -0.456 e. The van der Waals surface area contributed by atoms with E-state index in [1.807, 2.05) is 0 Å². The first-order chi connectivity index (χ1) is 27.1. The molecule has 55 heavy (non-hydrogen) atoms. The summed E-state index contributed by atoms with van der Waals surface area (Å²) >= 11 is 0. The van der Waals surface area contributed by atoms with Crippen LogP contribution < -0.4 is 4.90 Å². The molecule has 1 aromatic heterocycles. The maximum atomic E-state index is 6.38. The summed E-state index contributed by atoms with van der Waals surface area (Å²) in [5, 5.41) is 2.39. The van der Waals surface area contributed by atoms with Gasteiger partial charge in [-0.1, -0.05) is 141 Å². The lowest BCUT2D eigenvalue weighted by Crippen LogP contribution is -2.23. The first-order valence-corrected chi connectivity index (χ1v) is 19.5. The summed E-state index contributed by atoms with van der Waals surface area (Å²) < 4.78 is 6.38. The Hall–Kier alpha value is -6.64. The van der Waals surface area contributed by atoms with Crippen molar-refractivity contribution in [3.63, 3.8) is 0 Å². The lowest BCUT2D eigenvalue weighted by molar-refractivity contribution is 0.491. The summed E-state index contributed by atoms with van der Waals surface area (Å²) in [6.07, 6.45) is 2.06. The van der Waals surface area contributed by atoms with Crippen LogP contribution in [0.2, 0.25) is 0 Å². The molecule has 0 saturated carbocycles. The van der Waals surface area contributed by atoms with Crippen LogP contribution in [0.3, 0.4) is 0 Å². The Kier molecular flexibility index (Phi) is 7.99. The van der Waals surface area contributed by atoms with Crippen LogP contribution in [0.15, 0.2) is 192 Å². The topological polar surface area (TPSA) is 16.4 Å². The quantitative estimate of drug-likeness (QED) is 0.156. The maximum absolute atomic E-state index is 6.38. The van der Waals surface area contributed by atoms with Gasteiger partial charge in [0.05, 0.1) is 0 Å². The molecule has 10 rings (SSSR count). The SMILES string of the molecule is CCC1(CC)c2cc(-c3cccc(N(c4ccc(-c5ccccc5)cc4)c4ccc(-c5ccccc5)cc4)c3)ccc2-c2cc3oc4ccccc4c3cc21. The molecule has 2 heteroatoms. The van der Waals surface area contributed by atoms with Crippen LogP contribution in [-0.2, 0) is 5.41 Å². The van der Waals surface area contributed by atoms with Crippen molar-refractivity contribution < 1.29 is 4.42 Å². The Morgan fingerprint density at radius 3 is 1.55 bits per heavy atom. The summed E-state index contributed by atoms with van der Waals surface area (Å²) in [4.78, 5) is 2.37. The summed E-state index contributed by atoms with van der Waals surface area (Å²) in [6, 6.07) is 68.3. The number of nitrogens with zero attached hydrogens (tertiary/aromatic N) is 1. The Morgan fingerprint density at radius 2 is 0.909 bits per heavy atom. The van der Waals surface area contributed by atoms with Gasteiger partial charge in [0.1, 0.15) is 11.2 Å². The molecule has 2 nitrogen and oxygen atoms in total. The van der Waals surface area contributed by atoms with Gasteiger partial charge in [0.25, 0.3) is 0 Å². The minimum absolute atomic E-state index is 0.0715. The van der Waals surface area contributed by atoms with E-state index in [1.54, 1.807) is 0 Å². The van der Waals surface area contributed by atoms with Crippen LogP contribution in [0.5, 0.6) is 0 Å². The molecule has 9 aromatic rings. The van der Waals surface area contributed by atoms with Gasteiger partial charge in [-0.25, -0.2) is 0 Å². The zero-order chi connectivity index (χ0) is 36.9. The number of furan rings is 1. The van der Waals surface area contributed by atoms with Gasteiger partial charge in [0, 0.05) is 33.2 Å². The molecule has 0 aliphatic heterocycles. The van der Waals surface area contributed by atoms with E-state index >= 15 is 0 Å². The molecule has 0 radical (unpaired) electrons. The van der Waals surface area contributed by atoms with Gasteiger partial charge in [-0.3, -0.25) is 0 Å². The van der Waals surface area contributed by atoms with Crippen LogP contribution in [0.25, 0.3) is 66.4 Å². The predicted molar refractivity (Wildman–Crippen MR) is 232 cm³/mol. The van der Waals surface area contributed by atoms with E-state index in [0.717, 1.165) is 41.1 Å². The first kappa shape index (κ1) is 33.0. The molecule has 264 valence electrons. The van der Waals surface area contributed by atoms with Gasteiger partial charge in [-0.05, 0) is 129 Å². The normalized spacial score (nSPS) is 12.8. The van der Waals surface area contributed by atoms with E-state index in [-0.39, 0.29) is 5.41 Å². The van der Waals surface area contributed by atoms with E-state index in [9.17, 15) is 0 Å². The number of anilines is 3. The average Bonchev–Trinajstić information content (AvgIpc) is 3.76. The number of hydrogen-bond donors (Lipinski definition) is 0. The van der Waals surface area contributed by atoms with Gasteiger partial charge >= 0.3 is 0 Å². The smallest absolute Gasteiger partial charge is 0.136 e. The highest BCUT2D eigenvalue weighted by Crippen LogP contribution is 2.55. The van der Waals surface area contributed by atoms with Crippen LogP contribution in [-0.4, -0.2) is 0 Å². The van der Waals surface area contributed by atoms with Gasteiger partial charge in [0.2, 0.25) is 0 Å². The van der Waals surface area contributed by atoms with E-state index in [1.165, 1.54) is 66.4 Å². The second-order valence-electron chi connectivity index (χ2n) is 14.8. The third kappa shape index (κ3) is 5.48. The molecule has 0 atom stereocenters. The number of rotatable bonds is 8. The van der Waals surface area contributed by atoms with Crippen molar-refractivity contribution in [3.05, 3.63) is 199 Å². The van der Waals surface area contributed by atoms with Crippen molar-refractivity contribution in [2.75, 3.05) is 4.90 Å². The molecular weight excluding hydrogens is 667 g/mol. The van der Waals surface area contributed by atoms with Gasteiger partial charge in [0.15, 0.2) is 0 Å². The molecule has 1 aliphatic rings. The molecule has 1 heterocycles. The summed E-state index contributed by atoms with van der Waals surface area (Å²) in [7, 11) is 0. The van der Waals surface area contributed by atoms with Gasteiger partial charge in [-0.15, -0.1) is 0 Å². The largest absolute Gasteiger partial charge is 0.456 e. The van der Waals surface area contributed by atoms with E-state index in [2.05, 4.69) is 207 Å². The molecule has 0 fully saturated rings. The van der Waals surface area contributed by atoms with E-state index in [0.29, 0.717) is 0 Å². The highest BCUT2D eigenvalue weighted by Gasteiger charge is 2.41. The Balaban J connectivity index is 1.07. The second kappa shape index (κ2) is 13.3. The van der Waals surface area contributed by atoms with Crippen molar-refractivity contribution in [2.45, 2.75) is 32.1 Å². The Morgan fingerprint density at radius 1 is 0.382 bits per heavy atom. The fourth-order valence-corrected chi connectivity index (χ4v) is 9.04. The molecule has 0 unspecified atom stereocenters. The van der Waals surface area contributed by atoms with Crippen molar-refractivity contribution in [2.24, 2.45) is 0 Å². The predicted octanol–water partition coefficient (Wildman–Crippen LogP) is 15.1. The fourth-order valence-electron chi connectivity index (χ4n) is 9.04. The number of benzene rings is 8. The molecule has 0 amide bonds. The molecule has 0 bridgehead atoms. The molecule has 0 spiro atoms. The zero-order valence-electron chi connectivity index (χ0n) is 31.2. The average molecular weight is 708 g/mol. The number of fused-ring (bicyclic) bond motifs is 6. The highest BCUT2D eigenvalue weighted by atomic mass is 16.3. The monoisotopic (exact) mass is 707 g/mol. The lowest BCUT2D eigenvalue weighted by Gasteiger charge is -2.30. The Bertz CT molecular complexity index is 2730. The number of hydrogen-bond acceptors (Lipinski definition) is 2. The van der Waals surface area contributed by atoms with E-state index in [4.69, 9.17) is 4.42 Å². The molecule has 8 aromatic carbocycles. The third-order valence-corrected chi connectivity index (χ3v) is 12.0. The fraction of sp³-hybridized carbons (Fsp3) is 0.0943. The first-order valence-electron chi connectivity index (χ1n) is 19.5. The van der Waals surface area contributed by atoms with Gasteiger partial charge in [-0.2, -0.15) is 0 Å². The lowest BCUT2D eigenvalue weighted by atomic mass is 9.73. The highest BCUT2D eigenvalue weighted by molar-refractivity contribution is 6.07. The summed E-state index contributed by atoms with van der Waals surface area (Å²) in [5.74, 6) is 0. The van der Waals surface area contributed by atoms with Gasteiger partial charge < -0.3 is 9.32 Å². The molecule has 0 saturated heterocycles. The van der Waals surface area contributed by atoms with Crippen molar-refractivity contribution >= 4 is 39.0 Å². The maximum Gasteiger partial charge on any atom is 0.136 e. The molecule has 0 N–H and O–H groups in total.